The SMILES string of the molecule is CCOC(=O)c1c(Cl)cc(OC)cc1C=O. The van der Waals surface area contributed by atoms with Crippen molar-refractivity contribution in [2.75, 3.05) is 13.7 Å². The van der Waals surface area contributed by atoms with E-state index in [-0.39, 0.29) is 22.8 Å². The number of methoxy groups -OCH3 is 1. The molecule has 0 saturated heterocycles. The van der Waals surface area contributed by atoms with Gasteiger partial charge in [-0.1, -0.05) is 11.6 Å². The van der Waals surface area contributed by atoms with Gasteiger partial charge in [0.2, 0.25) is 0 Å². The van der Waals surface area contributed by atoms with Gasteiger partial charge >= 0.3 is 5.97 Å². The van der Waals surface area contributed by atoms with E-state index in [9.17, 15) is 9.59 Å². The van der Waals surface area contributed by atoms with Crippen molar-refractivity contribution in [2.24, 2.45) is 0 Å². The summed E-state index contributed by atoms with van der Waals surface area (Å²) in [6.45, 7) is 1.90. The second kappa shape index (κ2) is 5.51. The van der Waals surface area contributed by atoms with Gasteiger partial charge in [-0.25, -0.2) is 4.79 Å². The van der Waals surface area contributed by atoms with E-state index in [1.807, 2.05) is 0 Å². The van der Waals surface area contributed by atoms with E-state index in [2.05, 4.69) is 0 Å². The molecule has 5 heteroatoms. The largest absolute Gasteiger partial charge is 0.497 e. The van der Waals surface area contributed by atoms with Gasteiger partial charge in [0.1, 0.15) is 5.75 Å². The van der Waals surface area contributed by atoms with E-state index >= 15 is 0 Å². The Morgan fingerprint density at radius 2 is 2.19 bits per heavy atom. The molecule has 0 N–H and O–H groups in total. The lowest BCUT2D eigenvalue weighted by Crippen LogP contribution is -2.09. The number of aldehydes is 1. The van der Waals surface area contributed by atoms with E-state index in [1.54, 1.807) is 6.92 Å². The highest BCUT2D eigenvalue weighted by Crippen LogP contribution is 2.26. The van der Waals surface area contributed by atoms with Crippen LogP contribution in [-0.4, -0.2) is 26.0 Å². The minimum Gasteiger partial charge on any atom is -0.497 e. The maximum absolute atomic E-state index is 11.5. The first kappa shape index (κ1) is 12.5. The van der Waals surface area contributed by atoms with Crippen LogP contribution in [0.5, 0.6) is 5.75 Å². The maximum atomic E-state index is 11.5. The number of hydrogen-bond donors (Lipinski definition) is 0. The van der Waals surface area contributed by atoms with Crippen molar-refractivity contribution in [3.05, 3.63) is 28.3 Å². The third-order valence-electron chi connectivity index (χ3n) is 1.94. The van der Waals surface area contributed by atoms with Crippen LogP contribution in [0.4, 0.5) is 0 Å². The van der Waals surface area contributed by atoms with Gasteiger partial charge in [-0.2, -0.15) is 0 Å². The summed E-state index contributed by atoms with van der Waals surface area (Å²) >= 11 is 5.88. The summed E-state index contributed by atoms with van der Waals surface area (Å²) in [5.41, 5.74) is 0.224. The predicted molar refractivity (Wildman–Crippen MR) is 59.3 cm³/mol. The van der Waals surface area contributed by atoms with Crippen LogP contribution < -0.4 is 4.74 Å². The van der Waals surface area contributed by atoms with Crippen LogP contribution in [0.1, 0.15) is 27.6 Å². The van der Waals surface area contributed by atoms with Crippen molar-refractivity contribution in [3.8, 4) is 5.75 Å². The standard InChI is InChI=1S/C11H11ClO4/c1-3-16-11(14)10-7(6-13)4-8(15-2)5-9(10)12/h4-6H,3H2,1-2H3. The molecule has 0 radical (unpaired) electrons. The van der Waals surface area contributed by atoms with Gasteiger partial charge in [0, 0.05) is 5.56 Å². The molecule has 0 spiro atoms. The third kappa shape index (κ3) is 2.52. The normalized spacial score (nSPS) is 9.69. The van der Waals surface area contributed by atoms with E-state index in [4.69, 9.17) is 21.1 Å². The Hall–Kier alpha value is -1.55. The third-order valence-corrected chi connectivity index (χ3v) is 2.23. The van der Waals surface area contributed by atoms with Gasteiger partial charge in [0.05, 0.1) is 24.3 Å². The molecule has 0 aliphatic carbocycles. The van der Waals surface area contributed by atoms with Crippen molar-refractivity contribution in [3.63, 3.8) is 0 Å². The molecule has 1 aromatic rings. The van der Waals surface area contributed by atoms with Crippen LogP contribution in [0.3, 0.4) is 0 Å². The lowest BCUT2D eigenvalue weighted by atomic mass is 10.1. The highest BCUT2D eigenvalue weighted by Gasteiger charge is 2.18. The van der Waals surface area contributed by atoms with E-state index in [1.165, 1.54) is 19.2 Å². The van der Waals surface area contributed by atoms with Crippen molar-refractivity contribution < 1.29 is 19.1 Å². The molecule has 0 amide bonds. The van der Waals surface area contributed by atoms with Gasteiger partial charge in [0.25, 0.3) is 0 Å². The molecule has 0 unspecified atom stereocenters. The van der Waals surface area contributed by atoms with Crippen LogP contribution in [0.15, 0.2) is 12.1 Å². The zero-order chi connectivity index (χ0) is 12.1. The summed E-state index contributed by atoms with van der Waals surface area (Å²) < 4.78 is 9.74. The molecule has 0 heterocycles. The number of rotatable bonds is 4. The summed E-state index contributed by atoms with van der Waals surface area (Å²) in [4.78, 5) is 22.4. The Kier molecular flexibility index (Phi) is 4.31. The minimum atomic E-state index is -0.614. The fourth-order valence-corrected chi connectivity index (χ4v) is 1.53. The Morgan fingerprint density at radius 3 is 2.69 bits per heavy atom. The molecule has 4 nitrogen and oxygen atoms in total. The lowest BCUT2D eigenvalue weighted by molar-refractivity contribution is 0.0524. The number of esters is 1. The first-order valence-corrected chi connectivity index (χ1v) is 5.01. The monoisotopic (exact) mass is 242 g/mol. The van der Waals surface area contributed by atoms with Gasteiger partial charge < -0.3 is 9.47 Å². The molecule has 0 atom stereocenters. The topological polar surface area (TPSA) is 52.6 Å². The van der Waals surface area contributed by atoms with Crippen molar-refractivity contribution >= 4 is 23.9 Å². The molecular formula is C11H11ClO4. The fraction of sp³-hybridized carbons (Fsp3) is 0.273. The Labute approximate surface area is 98.1 Å². The second-order valence-electron chi connectivity index (χ2n) is 2.91. The molecule has 0 aliphatic heterocycles. The summed E-state index contributed by atoms with van der Waals surface area (Å²) in [5, 5.41) is 0.139. The predicted octanol–water partition coefficient (Wildman–Crippen LogP) is 2.34. The molecule has 86 valence electrons. The van der Waals surface area contributed by atoms with E-state index < -0.39 is 5.97 Å². The number of carbonyl (C=O) groups excluding carboxylic acids is 2. The molecule has 16 heavy (non-hydrogen) atoms. The van der Waals surface area contributed by atoms with E-state index in [0.29, 0.717) is 12.0 Å². The fourth-order valence-electron chi connectivity index (χ4n) is 1.23. The average molecular weight is 243 g/mol. The van der Waals surface area contributed by atoms with Crippen molar-refractivity contribution in [1.29, 1.82) is 0 Å². The number of carbonyl (C=O) groups is 2. The van der Waals surface area contributed by atoms with E-state index in [0.717, 1.165) is 0 Å². The zero-order valence-electron chi connectivity index (χ0n) is 8.95. The Morgan fingerprint density at radius 1 is 1.50 bits per heavy atom. The molecule has 0 fully saturated rings. The molecule has 0 bridgehead atoms. The summed E-state index contributed by atoms with van der Waals surface area (Å²) in [6.07, 6.45) is 0.542. The minimum absolute atomic E-state index is 0.0688. The number of benzene rings is 1. The van der Waals surface area contributed by atoms with Gasteiger partial charge in [0.15, 0.2) is 6.29 Å². The maximum Gasteiger partial charge on any atom is 0.340 e. The van der Waals surface area contributed by atoms with Crippen LogP contribution in [0.25, 0.3) is 0 Å². The zero-order valence-corrected chi connectivity index (χ0v) is 9.71. The molecule has 1 aromatic carbocycles. The van der Waals surface area contributed by atoms with Crippen LogP contribution in [0, 0.1) is 0 Å². The highest BCUT2D eigenvalue weighted by molar-refractivity contribution is 6.34. The number of hydrogen-bond acceptors (Lipinski definition) is 4. The van der Waals surface area contributed by atoms with Gasteiger partial charge in [-0.15, -0.1) is 0 Å². The van der Waals surface area contributed by atoms with Crippen molar-refractivity contribution in [2.45, 2.75) is 6.92 Å². The molecule has 0 aliphatic rings. The van der Waals surface area contributed by atoms with Gasteiger partial charge in [-0.3, -0.25) is 4.79 Å². The van der Waals surface area contributed by atoms with Crippen molar-refractivity contribution in [1.82, 2.24) is 0 Å². The molecule has 0 aromatic heterocycles. The van der Waals surface area contributed by atoms with Crippen LogP contribution in [0.2, 0.25) is 5.02 Å². The first-order valence-electron chi connectivity index (χ1n) is 4.63. The average Bonchev–Trinajstić information content (AvgIpc) is 2.27. The Bertz CT molecular complexity index is 415. The molecule has 1 rings (SSSR count). The number of ether oxygens (including phenoxy) is 2. The second-order valence-corrected chi connectivity index (χ2v) is 3.32. The Balaban J connectivity index is 3.26. The highest BCUT2D eigenvalue weighted by atomic mass is 35.5. The smallest absolute Gasteiger partial charge is 0.340 e. The van der Waals surface area contributed by atoms with Crippen LogP contribution in [-0.2, 0) is 4.74 Å². The summed E-state index contributed by atoms with van der Waals surface area (Å²) in [5.74, 6) is -0.197. The van der Waals surface area contributed by atoms with Gasteiger partial charge in [-0.05, 0) is 19.1 Å². The molecule has 0 saturated carbocycles. The van der Waals surface area contributed by atoms with Crippen LogP contribution >= 0.6 is 11.6 Å². The molecular weight excluding hydrogens is 232 g/mol. The lowest BCUT2D eigenvalue weighted by Gasteiger charge is -2.08. The quantitative estimate of drug-likeness (QED) is 0.601. The summed E-state index contributed by atoms with van der Waals surface area (Å²) in [7, 11) is 1.45. The summed E-state index contributed by atoms with van der Waals surface area (Å²) in [6, 6.07) is 2.89. The number of halogens is 1. The first-order chi connectivity index (χ1) is 7.63.